The second-order valence-corrected chi connectivity index (χ2v) is 8.40. The number of amides is 1. The molecule has 0 fully saturated rings. The Morgan fingerprint density at radius 3 is 2.49 bits per heavy atom. The highest BCUT2D eigenvalue weighted by Gasteiger charge is 2.31. The maximum atomic E-state index is 12.5. The molecular weight excluding hydrogens is 474 g/mol. The molecule has 1 amide bonds. The monoisotopic (exact) mass is 495 g/mol. The molecular formula is C24H22ClN5O5. The van der Waals surface area contributed by atoms with Gasteiger partial charge in [-0.3, -0.25) is 4.79 Å². The van der Waals surface area contributed by atoms with Crippen LogP contribution in [0.2, 0.25) is 5.02 Å². The number of halogens is 1. The lowest BCUT2D eigenvalue weighted by Crippen LogP contribution is -2.24. The number of carbonyl (C=O) groups excluding carboxylic acids is 2. The van der Waals surface area contributed by atoms with Crippen molar-refractivity contribution in [3.63, 3.8) is 0 Å². The molecule has 1 atom stereocenters. The summed E-state index contributed by atoms with van der Waals surface area (Å²) in [5.74, 6) is -0.435. The minimum Gasteiger partial charge on any atom is -0.458 e. The number of carbonyl (C=O) groups is 2. The average molecular weight is 496 g/mol. The van der Waals surface area contributed by atoms with E-state index in [1.807, 2.05) is 12.1 Å². The summed E-state index contributed by atoms with van der Waals surface area (Å²) < 4.78 is 6.67. The molecule has 0 N–H and O–H groups in total. The van der Waals surface area contributed by atoms with E-state index in [0.717, 1.165) is 16.8 Å². The van der Waals surface area contributed by atoms with Gasteiger partial charge in [0.1, 0.15) is 19.3 Å². The maximum Gasteiger partial charge on any atom is 0.342 e. The van der Waals surface area contributed by atoms with Gasteiger partial charge in [-0.25, -0.2) is 19.4 Å². The van der Waals surface area contributed by atoms with Crippen molar-refractivity contribution in [1.82, 2.24) is 14.6 Å². The summed E-state index contributed by atoms with van der Waals surface area (Å²) in [6.45, 7) is 3.17. The maximum absolute atomic E-state index is 12.5. The first-order chi connectivity index (χ1) is 16.7. The van der Waals surface area contributed by atoms with Gasteiger partial charge in [0.15, 0.2) is 5.82 Å². The van der Waals surface area contributed by atoms with E-state index < -0.39 is 10.9 Å². The van der Waals surface area contributed by atoms with Gasteiger partial charge < -0.3 is 14.9 Å². The fraction of sp³-hybridized carbons (Fsp3) is 0.250. The zero-order valence-electron chi connectivity index (χ0n) is 19.1. The summed E-state index contributed by atoms with van der Waals surface area (Å²) in [5, 5.41) is 17.6. The highest BCUT2D eigenvalue weighted by Crippen LogP contribution is 2.33. The smallest absolute Gasteiger partial charge is 0.342 e. The van der Waals surface area contributed by atoms with Crippen LogP contribution in [0.3, 0.4) is 0 Å². The molecule has 2 heterocycles. The van der Waals surface area contributed by atoms with Crippen molar-refractivity contribution >= 4 is 35.0 Å². The number of nitro groups is 1. The molecule has 11 heteroatoms. The third kappa shape index (κ3) is 5.22. The number of aryl methyl sites for hydroxylation is 1. The van der Waals surface area contributed by atoms with E-state index >= 15 is 0 Å². The van der Waals surface area contributed by atoms with Gasteiger partial charge in [-0.2, -0.15) is 5.10 Å². The molecule has 1 aliphatic heterocycles. The molecule has 1 aliphatic rings. The van der Waals surface area contributed by atoms with Crippen molar-refractivity contribution in [3.05, 3.63) is 92.4 Å². The minimum atomic E-state index is -0.551. The molecule has 2 aromatic carbocycles. The van der Waals surface area contributed by atoms with Gasteiger partial charge in [-0.05, 0) is 40.3 Å². The van der Waals surface area contributed by atoms with Gasteiger partial charge in [-0.1, -0.05) is 35.9 Å². The molecule has 0 saturated carbocycles. The predicted molar refractivity (Wildman–Crippen MR) is 128 cm³/mol. The average Bonchev–Trinajstić information content (AvgIpc) is 3.44. The first-order valence-corrected chi connectivity index (χ1v) is 11.2. The Bertz CT molecular complexity index is 1300. The summed E-state index contributed by atoms with van der Waals surface area (Å²) in [5.41, 5.74) is 2.82. The number of rotatable bonds is 7. The van der Waals surface area contributed by atoms with Crippen molar-refractivity contribution < 1.29 is 19.2 Å². The van der Waals surface area contributed by atoms with Gasteiger partial charge in [0.05, 0.1) is 17.3 Å². The lowest BCUT2D eigenvalue weighted by Gasteiger charge is -2.20. The van der Waals surface area contributed by atoms with E-state index in [2.05, 4.69) is 10.1 Å². The van der Waals surface area contributed by atoms with E-state index in [4.69, 9.17) is 16.3 Å². The number of hydrogen-bond donors (Lipinski definition) is 0. The molecule has 0 bridgehead atoms. The van der Waals surface area contributed by atoms with Crippen LogP contribution in [0.5, 0.6) is 0 Å². The van der Waals surface area contributed by atoms with Crippen molar-refractivity contribution in [2.45, 2.75) is 32.9 Å². The van der Waals surface area contributed by atoms with Gasteiger partial charge in [0.2, 0.25) is 5.91 Å². The van der Waals surface area contributed by atoms with E-state index in [0.29, 0.717) is 22.8 Å². The molecule has 0 radical (unpaired) electrons. The summed E-state index contributed by atoms with van der Waals surface area (Å²) in [4.78, 5) is 39.2. The Kier molecular flexibility index (Phi) is 6.92. The highest BCUT2D eigenvalue weighted by atomic mass is 35.5. The topological polar surface area (TPSA) is 120 Å². The molecule has 0 spiro atoms. The van der Waals surface area contributed by atoms with Crippen LogP contribution in [-0.2, 0) is 16.1 Å². The standard InChI is InChI=1S/C24H22ClN5O5/c1-15-26-14-23(30(33)34)28(15)11-12-35-24(32)19-5-3-18(4-6-19)22-13-21(27-29(22)16(2)31)17-7-9-20(25)10-8-17/h3-10,14,22H,11-13H2,1-2H3. The third-order valence-corrected chi connectivity index (χ3v) is 5.96. The van der Waals surface area contributed by atoms with E-state index in [1.165, 1.54) is 22.7 Å². The molecule has 1 aromatic heterocycles. The van der Waals surface area contributed by atoms with Gasteiger partial charge >= 0.3 is 11.8 Å². The summed E-state index contributed by atoms with van der Waals surface area (Å²) in [7, 11) is 0. The fourth-order valence-electron chi connectivity index (χ4n) is 3.91. The second-order valence-electron chi connectivity index (χ2n) is 7.97. The van der Waals surface area contributed by atoms with Crippen LogP contribution in [0.25, 0.3) is 0 Å². The van der Waals surface area contributed by atoms with Crippen LogP contribution >= 0.6 is 11.6 Å². The quantitative estimate of drug-likeness (QED) is 0.273. The Hall–Kier alpha value is -4.05. The van der Waals surface area contributed by atoms with Crippen molar-refractivity contribution in [3.8, 4) is 0 Å². The van der Waals surface area contributed by atoms with Gasteiger partial charge in [0.25, 0.3) is 0 Å². The Labute approximate surface area is 205 Å². The van der Waals surface area contributed by atoms with E-state index in [1.54, 1.807) is 43.3 Å². The lowest BCUT2D eigenvalue weighted by molar-refractivity contribution is -0.392. The van der Waals surface area contributed by atoms with E-state index in [9.17, 15) is 19.7 Å². The first-order valence-electron chi connectivity index (χ1n) is 10.8. The summed E-state index contributed by atoms with van der Waals surface area (Å²) in [6, 6.07) is 13.8. The van der Waals surface area contributed by atoms with Crippen LogP contribution in [0.1, 0.15) is 46.7 Å². The Morgan fingerprint density at radius 2 is 1.86 bits per heavy atom. The van der Waals surface area contributed by atoms with Gasteiger partial charge in [-0.15, -0.1) is 0 Å². The third-order valence-electron chi connectivity index (χ3n) is 5.71. The summed E-state index contributed by atoms with van der Waals surface area (Å²) >= 11 is 5.97. The molecule has 1 unspecified atom stereocenters. The number of benzene rings is 2. The number of imidazole rings is 1. The lowest BCUT2D eigenvalue weighted by atomic mass is 9.97. The fourth-order valence-corrected chi connectivity index (χ4v) is 4.04. The van der Waals surface area contributed by atoms with Gasteiger partial charge in [0, 0.05) is 25.3 Å². The van der Waals surface area contributed by atoms with Crippen molar-refractivity contribution in [1.29, 1.82) is 0 Å². The molecule has 0 aliphatic carbocycles. The normalized spacial score (nSPS) is 15.1. The molecule has 10 nitrogen and oxygen atoms in total. The van der Waals surface area contributed by atoms with Crippen molar-refractivity contribution in [2.75, 3.05) is 6.61 Å². The first kappa shape index (κ1) is 24.1. The largest absolute Gasteiger partial charge is 0.458 e. The van der Waals surface area contributed by atoms with Crippen LogP contribution < -0.4 is 0 Å². The zero-order valence-corrected chi connectivity index (χ0v) is 19.8. The molecule has 0 saturated heterocycles. The molecule has 35 heavy (non-hydrogen) atoms. The number of ether oxygens (including phenoxy) is 1. The predicted octanol–water partition coefficient (Wildman–Crippen LogP) is 4.31. The van der Waals surface area contributed by atoms with E-state index in [-0.39, 0.29) is 30.9 Å². The number of hydrazone groups is 1. The van der Waals surface area contributed by atoms with Crippen LogP contribution in [0.4, 0.5) is 5.82 Å². The second kappa shape index (κ2) is 10.1. The number of esters is 1. The molecule has 180 valence electrons. The zero-order chi connectivity index (χ0) is 25.1. The van der Waals surface area contributed by atoms with Crippen molar-refractivity contribution in [2.24, 2.45) is 5.10 Å². The molecule has 3 aromatic rings. The minimum absolute atomic E-state index is 0.0440. The van der Waals surface area contributed by atoms with Crippen LogP contribution in [0.15, 0.2) is 59.8 Å². The SMILES string of the molecule is CC(=O)N1N=C(c2ccc(Cl)cc2)CC1c1ccc(C(=O)OCCn2c([N+](=O)[O-])cnc2C)cc1. The number of hydrogen-bond acceptors (Lipinski definition) is 7. The Morgan fingerprint density at radius 1 is 1.17 bits per heavy atom. The van der Waals surface area contributed by atoms with Crippen LogP contribution in [-0.4, -0.2) is 43.7 Å². The number of aromatic nitrogens is 2. The highest BCUT2D eigenvalue weighted by molar-refractivity contribution is 6.30. The van der Waals surface area contributed by atoms with Crippen LogP contribution in [0, 0.1) is 17.0 Å². The molecule has 4 rings (SSSR count). The Balaban J connectivity index is 1.41. The number of nitrogens with zero attached hydrogens (tertiary/aromatic N) is 5. The summed E-state index contributed by atoms with van der Waals surface area (Å²) in [6.07, 6.45) is 1.69.